The van der Waals surface area contributed by atoms with Crippen molar-refractivity contribution in [1.29, 1.82) is 0 Å². The quantitative estimate of drug-likeness (QED) is 0.458. The van der Waals surface area contributed by atoms with Gasteiger partial charge in [0.15, 0.2) is 6.20 Å². The van der Waals surface area contributed by atoms with Crippen LogP contribution in [0.2, 0.25) is 0 Å². The minimum absolute atomic E-state index is 0.134. The Bertz CT molecular complexity index is 847. The summed E-state index contributed by atoms with van der Waals surface area (Å²) in [7, 11) is 0. The normalized spacial score (nSPS) is 12.4. The zero-order chi connectivity index (χ0) is 14.8. The van der Waals surface area contributed by atoms with E-state index >= 15 is 0 Å². The summed E-state index contributed by atoms with van der Waals surface area (Å²) in [6.45, 7) is 1.91. The zero-order valence-electron chi connectivity index (χ0n) is 11.3. The van der Waals surface area contributed by atoms with E-state index in [9.17, 15) is 10.0 Å². The number of aromatic nitrogens is 3. The van der Waals surface area contributed by atoms with Crippen molar-refractivity contribution in [1.82, 2.24) is 9.97 Å². The number of fused-ring (bicyclic) bond motifs is 1. The first-order valence-electron chi connectivity index (χ1n) is 6.49. The minimum Gasteiger partial charge on any atom is -0.618 e. The summed E-state index contributed by atoms with van der Waals surface area (Å²) in [5.74, 6) is 0.563. The lowest BCUT2D eigenvalue weighted by Crippen LogP contribution is -2.28. The van der Waals surface area contributed by atoms with Gasteiger partial charge < -0.3 is 10.2 Å². The number of rotatable bonds is 3. The molecule has 21 heavy (non-hydrogen) atoms. The molecule has 2 heterocycles. The van der Waals surface area contributed by atoms with Crippen LogP contribution in [0.4, 0.5) is 0 Å². The Balaban J connectivity index is 1.97. The molecule has 0 unspecified atom stereocenters. The summed E-state index contributed by atoms with van der Waals surface area (Å²) in [4.78, 5) is 19.3. The van der Waals surface area contributed by atoms with Gasteiger partial charge in [0, 0.05) is 12.1 Å². The maximum Gasteiger partial charge on any atom is 0.258 e. The number of pyridine rings is 1. The molecule has 0 radical (unpaired) electrons. The molecular formula is C15H13N3O2S. The molecule has 5 nitrogen and oxygen atoms in total. The Morgan fingerprint density at radius 1 is 1.24 bits per heavy atom. The van der Waals surface area contributed by atoms with Crippen LogP contribution < -0.4 is 10.3 Å². The lowest BCUT2D eigenvalue weighted by atomic mass is 10.2. The average Bonchev–Trinajstić information content (AvgIpc) is 2.49. The van der Waals surface area contributed by atoms with Gasteiger partial charge in [-0.05, 0) is 36.9 Å². The van der Waals surface area contributed by atoms with Crippen LogP contribution >= 0.6 is 11.8 Å². The molecule has 0 aliphatic carbocycles. The largest absolute Gasteiger partial charge is 0.618 e. The second-order valence-corrected chi connectivity index (χ2v) is 5.95. The van der Waals surface area contributed by atoms with Crippen molar-refractivity contribution < 1.29 is 4.73 Å². The molecule has 0 saturated heterocycles. The summed E-state index contributed by atoms with van der Waals surface area (Å²) in [6, 6.07) is 12.4. The lowest BCUT2D eigenvalue weighted by molar-refractivity contribution is -0.645. The number of hydrogen-bond acceptors (Lipinski definition) is 4. The maximum atomic E-state index is 12.1. The second kappa shape index (κ2) is 5.57. The van der Waals surface area contributed by atoms with Crippen LogP contribution in [0.25, 0.3) is 10.9 Å². The molecule has 1 aromatic carbocycles. The number of benzene rings is 1. The number of H-pyrrole nitrogens is 1. The SMILES string of the molecule is C[C@H](Sc1cccc[n+]1[O-])c1nc2ccccc2c(=O)[nH]1. The first kappa shape index (κ1) is 13.6. The van der Waals surface area contributed by atoms with Crippen molar-refractivity contribution in [3.05, 3.63) is 70.0 Å². The number of para-hydroxylation sites is 1. The summed E-state index contributed by atoms with van der Waals surface area (Å²) < 4.78 is 0.806. The Morgan fingerprint density at radius 2 is 2.00 bits per heavy atom. The van der Waals surface area contributed by atoms with Crippen molar-refractivity contribution in [3.63, 3.8) is 0 Å². The average molecular weight is 299 g/mol. The van der Waals surface area contributed by atoms with E-state index in [1.807, 2.05) is 19.1 Å². The van der Waals surface area contributed by atoms with E-state index in [0.29, 0.717) is 21.8 Å². The summed E-state index contributed by atoms with van der Waals surface area (Å²) in [5, 5.41) is 12.7. The highest BCUT2D eigenvalue weighted by Gasteiger charge is 2.16. The Hall–Kier alpha value is -2.34. The molecule has 0 aliphatic rings. The molecule has 1 N–H and O–H groups in total. The van der Waals surface area contributed by atoms with Gasteiger partial charge in [-0.15, -0.1) is 0 Å². The molecule has 1 atom stereocenters. The standard InChI is InChI=1S/C15H13N3O2S/c1-10(21-13-8-4-5-9-18(13)20)14-16-12-7-3-2-6-11(12)15(19)17-14/h2-10H,1H3,(H,16,17,19)/t10-/m0/s1. The van der Waals surface area contributed by atoms with Crippen LogP contribution in [0.1, 0.15) is 18.0 Å². The fourth-order valence-corrected chi connectivity index (χ4v) is 2.95. The topological polar surface area (TPSA) is 72.7 Å². The van der Waals surface area contributed by atoms with E-state index in [1.54, 1.807) is 30.3 Å². The van der Waals surface area contributed by atoms with E-state index in [4.69, 9.17) is 0 Å². The lowest BCUT2D eigenvalue weighted by Gasteiger charge is -2.10. The van der Waals surface area contributed by atoms with Gasteiger partial charge in [-0.2, -0.15) is 4.73 Å². The number of nitrogens with one attached hydrogen (secondary N) is 1. The highest BCUT2D eigenvalue weighted by atomic mass is 32.2. The van der Waals surface area contributed by atoms with Gasteiger partial charge in [-0.1, -0.05) is 12.1 Å². The first-order valence-corrected chi connectivity index (χ1v) is 7.37. The van der Waals surface area contributed by atoms with Crippen molar-refractivity contribution in [2.75, 3.05) is 0 Å². The van der Waals surface area contributed by atoms with Crippen LogP contribution in [0.5, 0.6) is 0 Å². The number of nitrogens with zero attached hydrogens (tertiary/aromatic N) is 2. The molecule has 3 aromatic rings. The van der Waals surface area contributed by atoms with Crippen LogP contribution in [-0.4, -0.2) is 9.97 Å². The highest BCUT2D eigenvalue weighted by molar-refractivity contribution is 7.99. The first-order chi connectivity index (χ1) is 10.1. The minimum atomic E-state index is -0.161. The number of hydrogen-bond donors (Lipinski definition) is 1. The molecule has 2 aromatic heterocycles. The third-order valence-electron chi connectivity index (χ3n) is 3.10. The third kappa shape index (κ3) is 2.75. The fourth-order valence-electron chi connectivity index (χ4n) is 2.04. The summed E-state index contributed by atoms with van der Waals surface area (Å²) >= 11 is 1.36. The molecule has 0 aliphatic heterocycles. The summed E-state index contributed by atoms with van der Waals surface area (Å²) in [5.41, 5.74) is 0.498. The molecule has 0 saturated carbocycles. The smallest absolute Gasteiger partial charge is 0.258 e. The molecule has 6 heteroatoms. The van der Waals surface area contributed by atoms with Gasteiger partial charge in [-0.25, -0.2) is 4.98 Å². The molecule has 3 rings (SSSR count). The number of thioether (sulfide) groups is 1. The van der Waals surface area contributed by atoms with Crippen molar-refractivity contribution in [3.8, 4) is 0 Å². The molecule has 0 amide bonds. The highest BCUT2D eigenvalue weighted by Crippen LogP contribution is 2.30. The van der Waals surface area contributed by atoms with Crippen LogP contribution in [0.3, 0.4) is 0 Å². The zero-order valence-corrected chi connectivity index (χ0v) is 12.1. The van der Waals surface area contributed by atoms with Gasteiger partial charge in [0.2, 0.25) is 0 Å². The molecule has 106 valence electrons. The van der Waals surface area contributed by atoms with E-state index in [-0.39, 0.29) is 10.8 Å². The summed E-state index contributed by atoms with van der Waals surface area (Å²) in [6.07, 6.45) is 1.45. The van der Waals surface area contributed by atoms with Crippen LogP contribution in [-0.2, 0) is 0 Å². The van der Waals surface area contributed by atoms with E-state index in [2.05, 4.69) is 9.97 Å². The van der Waals surface area contributed by atoms with Gasteiger partial charge in [0.05, 0.1) is 16.2 Å². The van der Waals surface area contributed by atoms with E-state index < -0.39 is 0 Å². The van der Waals surface area contributed by atoms with Crippen molar-refractivity contribution in [2.45, 2.75) is 17.2 Å². The van der Waals surface area contributed by atoms with Crippen LogP contribution in [0.15, 0.2) is 58.5 Å². The van der Waals surface area contributed by atoms with Crippen LogP contribution in [0, 0.1) is 5.21 Å². The molecule has 0 fully saturated rings. The van der Waals surface area contributed by atoms with E-state index in [0.717, 1.165) is 4.73 Å². The predicted octanol–water partition coefficient (Wildman–Crippen LogP) is 2.41. The van der Waals surface area contributed by atoms with Gasteiger partial charge in [0.25, 0.3) is 10.6 Å². The van der Waals surface area contributed by atoms with Gasteiger partial charge >= 0.3 is 0 Å². The molecule has 0 bridgehead atoms. The molecule has 0 spiro atoms. The van der Waals surface area contributed by atoms with Gasteiger partial charge in [-0.3, -0.25) is 4.79 Å². The Kier molecular flexibility index (Phi) is 3.62. The van der Waals surface area contributed by atoms with Crippen molar-refractivity contribution >= 4 is 22.7 Å². The maximum absolute atomic E-state index is 12.1. The van der Waals surface area contributed by atoms with Crippen molar-refractivity contribution in [2.24, 2.45) is 0 Å². The van der Waals surface area contributed by atoms with E-state index in [1.165, 1.54) is 18.0 Å². The fraction of sp³-hybridized carbons (Fsp3) is 0.133. The molecular weight excluding hydrogens is 286 g/mol. The Labute approximate surface area is 125 Å². The predicted molar refractivity (Wildman–Crippen MR) is 82.0 cm³/mol. The Morgan fingerprint density at radius 3 is 2.81 bits per heavy atom. The monoisotopic (exact) mass is 299 g/mol. The van der Waals surface area contributed by atoms with Gasteiger partial charge in [0.1, 0.15) is 5.82 Å². The second-order valence-electron chi connectivity index (χ2n) is 4.59. The number of aromatic amines is 1. The third-order valence-corrected chi connectivity index (χ3v) is 4.24.